The number of aromatic nitrogens is 3. The van der Waals surface area contributed by atoms with E-state index in [4.69, 9.17) is 0 Å². The van der Waals surface area contributed by atoms with Gasteiger partial charge in [0.25, 0.3) is 0 Å². The molecule has 3 rings (SSSR count). The smallest absolute Gasteiger partial charge is 0.157 e. The average Bonchev–Trinajstić information content (AvgIpc) is 2.75. The Kier molecular flexibility index (Phi) is 3.33. The quantitative estimate of drug-likeness (QED) is 0.802. The van der Waals surface area contributed by atoms with Crippen molar-refractivity contribution < 1.29 is 4.39 Å². The molecule has 1 aromatic carbocycles. The van der Waals surface area contributed by atoms with E-state index in [1.807, 2.05) is 27.1 Å². The zero-order valence-corrected chi connectivity index (χ0v) is 12.3. The second-order valence-corrected chi connectivity index (χ2v) is 5.24. The van der Waals surface area contributed by atoms with Gasteiger partial charge < -0.3 is 5.32 Å². The molecular weight excluding hydrogens is 267 g/mol. The summed E-state index contributed by atoms with van der Waals surface area (Å²) in [5, 5.41) is 8.66. The summed E-state index contributed by atoms with van der Waals surface area (Å²) in [4.78, 5) is 4.44. The van der Waals surface area contributed by atoms with Gasteiger partial charge in [0, 0.05) is 30.9 Å². The normalized spacial score (nSPS) is 11.0. The highest BCUT2D eigenvalue weighted by atomic mass is 19.1. The highest BCUT2D eigenvalue weighted by Crippen LogP contribution is 2.19. The van der Waals surface area contributed by atoms with Crippen molar-refractivity contribution >= 4 is 16.7 Å². The summed E-state index contributed by atoms with van der Waals surface area (Å²) in [5.41, 5.74) is 4.70. The van der Waals surface area contributed by atoms with Gasteiger partial charge in [0.2, 0.25) is 0 Å². The molecule has 108 valence electrons. The molecule has 0 spiro atoms. The predicted octanol–water partition coefficient (Wildman–Crippen LogP) is 3.34. The van der Waals surface area contributed by atoms with Gasteiger partial charge in [-0.1, -0.05) is 6.07 Å². The number of benzene rings is 1. The maximum atomic E-state index is 13.3. The number of fused-ring (bicyclic) bond motifs is 1. The third kappa shape index (κ3) is 2.59. The number of pyridine rings is 1. The van der Waals surface area contributed by atoms with Crippen LogP contribution in [0.5, 0.6) is 0 Å². The van der Waals surface area contributed by atoms with Crippen molar-refractivity contribution in [3.8, 4) is 0 Å². The van der Waals surface area contributed by atoms with Crippen LogP contribution in [0.4, 0.5) is 10.1 Å². The molecule has 3 aromatic rings. The van der Waals surface area contributed by atoms with Gasteiger partial charge in [0.15, 0.2) is 5.65 Å². The molecule has 0 fully saturated rings. The fraction of sp³-hybridized carbons (Fsp3) is 0.250. The van der Waals surface area contributed by atoms with E-state index in [1.165, 1.54) is 12.1 Å². The molecule has 2 aromatic heterocycles. The topological polar surface area (TPSA) is 42.7 Å². The lowest BCUT2D eigenvalue weighted by Crippen LogP contribution is -2.02. The van der Waals surface area contributed by atoms with Gasteiger partial charge >= 0.3 is 0 Å². The third-order valence-corrected chi connectivity index (χ3v) is 3.60. The van der Waals surface area contributed by atoms with E-state index in [0.29, 0.717) is 6.54 Å². The molecular formula is C16H17FN4. The van der Waals surface area contributed by atoms with Gasteiger partial charge in [0.1, 0.15) is 5.82 Å². The summed E-state index contributed by atoms with van der Waals surface area (Å²) >= 11 is 0. The number of nitrogens with zero attached hydrogens (tertiary/aromatic N) is 3. The van der Waals surface area contributed by atoms with Crippen LogP contribution in [0.2, 0.25) is 0 Å². The van der Waals surface area contributed by atoms with E-state index >= 15 is 0 Å². The molecule has 1 N–H and O–H groups in total. The Morgan fingerprint density at radius 3 is 2.86 bits per heavy atom. The summed E-state index contributed by atoms with van der Waals surface area (Å²) in [6, 6.07) is 6.82. The Hall–Kier alpha value is -2.43. The molecule has 21 heavy (non-hydrogen) atoms. The van der Waals surface area contributed by atoms with Crippen molar-refractivity contribution in [3.05, 3.63) is 53.1 Å². The van der Waals surface area contributed by atoms with E-state index in [9.17, 15) is 4.39 Å². The maximum absolute atomic E-state index is 13.3. The van der Waals surface area contributed by atoms with Gasteiger partial charge in [-0.15, -0.1) is 0 Å². The average molecular weight is 284 g/mol. The predicted molar refractivity (Wildman–Crippen MR) is 81.7 cm³/mol. The molecule has 0 aliphatic carbocycles. The number of aryl methyl sites for hydroxylation is 3. The minimum absolute atomic E-state index is 0.236. The van der Waals surface area contributed by atoms with Crippen LogP contribution in [-0.2, 0) is 13.6 Å². The Labute approximate surface area is 122 Å². The van der Waals surface area contributed by atoms with Crippen LogP contribution in [0.15, 0.2) is 30.5 Å². The molecule has 5 heteroatoms. The maximum Gasteiger partial charge on any atom is 0.157 e. The third-order valence-electron chi connectivity index (χ3n) is 3.60. The van der Waals surface area contributed by atoms with Crippen LogP contribution in [0.25, 0.3) is 11.0 Å². The molecule has 4 nitrogen and oxygen atoms in total. The molecule has 0 saturated carbocycles. The lowest BCUT2D eigenvalue weighted by atomic mass is 10.1. The van der Waals surface area contributed by atoms with Crippen LogP contribution >= 0.6 is 0 Å². The summed E-state index contributed by atoms with van der Waals surface area (Å²) in [6.45, 7) is 4.52. The molecule has 0 aliphatic rings. The van der Waals surface area contributed by atoms with E-state index < -0.39 is 0 Å². The largest absolute Gasteiger partial charge is 0.381 e. The Balaban J connectivity index is 1.85. The first-order valence-electron chi connectivity index (χ1n) is 6.83. The number of hydrogen-bond acceptors (Lipinski definition) is 3. The van der Waals surface area contributed by atoms with Crippen LogP contribution in [0.1, 0.15) is 16.8 Å². The van der Waals surface area contributed by atoms with E-state index in [0.717, 1.165) is 33.5 Å². The van der Waals surface area contributed by atoms with Crippen LogP contribution in [-0.4, -0.2) is 14.8 Å². The fourth-order valence-electron chi connectivity index (χ4n) is 2.43. The molecule has 0 unspecified atom stereocenters. The van der Waals surface area contributed by atoms with Gasteiger partial charge in [-0.25, -0.2) is 9.37 Å². The molecule has 0 radical (unpaired) electrons. The zero-order valence-electron chi connectivity index (χ0n) is 12.3. The van der Waals surface area contributed by atoms with Crippen molar-refractivity contribution in [1.29, 1.82) is 0 Å². The van der Waals surface area contributed by atoms with E-state index in [1.54, 1.807) is 10.7 Å². The van der Waals surface area contributed by atoms with Crippen molar-refractivity contribution in [2.45, 2.75) is 20.4 Å². The lowest BCUT2D eigenvalue weighted by molar-refractivity contribution is 0.628. The number of rotatable bonds is 3. The number of hydrogen-bond donors (Lipinski definition) is 1. The highest BCUT2D eigenvalue weighted by molar-refractivity contribution is 5.78. The molecule has 0 bridgehead atoms. The fourth-order valence-corrected chi connectivity index (χ4v) is 2.43. The van der Waals surface area contributed by atoms with Crippen molar-refractivity contribution in [1.82, 2.24) is 14.8 Å². The van der Waals surface area contributed by atoms with Crippen molar-refractivity contribution in [2.75, 3.05) is 5.32 Å². The van der Waals surface area contributed by atoms with Gasteiger partial charge in [0.05, 0.1) is 5.69 Å². The molecule has 0 atom stereocenters. The Morgan fingerprint density at radius 1 is 1.24 bits per heavy atom. The van der Waals surface area contributed by atoms with Gasteiger partial charge in [-0.2, -0.15) is 5.10 Å². The lowest BCUT2D eigenvalue weighted by Gasteiger charge is -2.09. The summed E-state index contributed by atoms with van der Waals surface area (Å²) in [7, 11) is 1.89. The number of halogens is 1. The van der Waals surface area contributed by atoms with Gasteiger partial charge in [-0.05, 0) is 43.2 Å². The minimum Gasteiger partial charge on any atom is -0.381 e. The standard InChI is InChI=1S/C16H17FN4/c1-10-4-5-13(17)7-15(10)18-8-12-6-14-11(2)20-21(3)16(14)19-9-12/h4-7,9,18H,8H2,1-3H3. The van der Waals surface area contributed by atoms with Crippen LogP contribution in [0.3, 0.4) is 0 Å². The zero-order chi connectivity index (χ0) is 15.0. The van der Waals surface area contributed by atoms with Crippen LogP contribution < -0.4 is 5.32 Å². The van der Waals surface area contributed by atoms with Crippen molar-refractivity contribution in [3.63, 3.8) is 0 Å². The molecule has 0 saturated heterocycles. The summed E-state index contributed by atoms with van der Waals surface area (Å²) in [6.07, 6.45) is 1.82. The monoisotopic (exact) mass is 284 g/mol. The summed E-state index contributed by atoms with van der Waals surface area (Å²) in [5.74, 6) is -0.236. The minimum atomic E-state index is -0.236. The van der Waals surface area contributed by atoms with Crippen LogP contribution in [0, 0.1) is 19.7 Å². The molecule has 0 amide bonds. The van der Waals surface area contributed by atoms with E-state index in [-0.39, 0.29) is 5.82 Å². The second kappa shape index (κ2) is 5.16. The Bertz CT molecular complexity index is 807. The Morgan fingerprint density at radius 2 is 2.05 bits per heavy atom. The molecule has 0 aliphatic heterocycles. The highest BCUT2D eigenvalue weighted by Gasteiger charge is 2.07. The summed E-state index contributed by atoms with van der Waals surface area (Å²) < 4.78 is 15.0. The number of anilines is 1. The second-order valence-electron chi connectivity index (χ2n) is 5.24. The SMILES string of the molecule is Cc1ccc(F)cc1NCc1cnc2c(c1)c(C)nn2C. The molecule has 2 heterocycles. The first-order chi connectivity index (χ1) is 10.0. The number of nitrogens with one attached hydrogen (secondary N) is 1. The van der Waals surface area contributed by atoms with Crippen molar-refractivity contribution in [2.24, 2.45) is 7.05 Å². The van der Waals surface area contributed by atoms with Gasteiger partial charge in [-0.3, -0.25) is 4.68 Å². The first-order valence-corrected chi connectivity index (χ1v) is 6.83. The van der Waals surface area contributed by atoms with E-state index in [2.05, 4.69) is 21.5 Å². The first kappa shape index (κ1) is 13.5.